The standard InChI is InChI=1S/C14H10BrN3O/c1-8-10(7-17-14(19)12(8)15)13-16-6-9-4-2-3-5-11(9)18-13/h2-7H,1H3,(H,17,19). The first kappa shape index (κ1) is 12.0. The summed E-state index contributed by atoms with van der Waals surface area (Å²) >= 11 is 3.28. The molecule has 2 aromatic heterocycles. The summed E-state index contributed by atoms with van der Waals surface area (Å²) in [5.74, 6) is 0.605. The van der Waals surface area contributed by atoms with Crippen molar-refractivity contribution in [1.82, 2.24) is 15.0 Å². The fourth-order valence-electron chi connectivity index (χ4n) is 1.93. The Kier molecular flexibility index (Phi) is 2.91. The molecule has 0 radical (unpaired) electrons. The third-order valence-corrected chi connectivity index (χ3v) is 3.96. The normalized spacial score (nSPS) is 10.8. The molecular weight excluding hydrogens is 306 g/mol. The van der Waals surface area contributed by atoms with Crippen molar-refractivity contribution in [3.8, 4) is 11.4 Å². The van der Waals surface area contributed by atoms with Crippen LogP contribution < -0.4 is 5.56 Å². The Balaban J connectivity index is 2.25. The highest BCUT2D eigenvalue weighted by atomic mass is 79.9. The summed E-state index contributed by atoms with van der Waals surface area (Å²) in [5.41, 5.74) is 2.38. The molecule has 1 aromatic carbocycles. The number of nitrogens with zero attached hydrogens (tertiary/aromatic N) is 2. The summed E-state index contributed by atoms with van der Waals surface area (Å²) in [6, 6.07) is 7.80. The van der Waals surface area contributed by atoms with Gasteiger partial charge in [0.25, 0.3) is 5.56 Å². The largest absolute Gasteiger partial charge is 0.327 e. The third kappa shape index (κ3) is 2.06. The zero-order valence-electron chi connectivity index (χ0n) is 10.1. The Morgan fingerprint density at radius 2 is 2.05 bits per heavy atom. The lowest BCUT2D eigenvalue weighted by molar-refractivity contribution is 1.14. The molecule has 0 unspecified atom stereocenters. The van der Waals surface area contributed by atoms with Gasteiger partial charge in [-0.1, -0.05) is 18.2 Å². The second kappa shape index (κ2) is 4.59. The molecule has 0 saturated heterocycles. The van der Waals surface area contributed by atoms with Crippen LogP contribution in [-0.4, -0.2) is 15.0 Å². The molecule has 19 heavy (non-hydrogen) atoms. The van der Waals surface area contributed by atoms with Crippen molar-refractivity contribution in [2.45, 2.75) is 6.92 Å². The van der Waals surface area contributed by atoms with Crippen molar-refractivity contribution < 1.29 is 0 Å². The Hall–Kier alpha value is -2.01. The summed E-state index contributed by atoms with van der Waals surface area (Å²) < 4.78 is 0.516. The van der Waals surface area contributed by atoms with Crippen LogP contribution >= 0.6 is 15.9 Å². The molecule has 0 atom stereocenters. The van der Waals surface area contributed by atoms with Gasteiger partial charge in [-0.15, -0.1) is 0 Å². The molecule has 1 N–H and O–H groups in total. The lowest BCUT2D eigenvalue weighted by Gasteiger charge is -2.06. The van der Waals surface area contributed by atoms with Gasteiger partial charge in [-0.3, -0.25) is 4.79 Å². The van der Waals surface area contributed by atoms with Crippen molar-refractivity contribution in [3.63, 3.8) is 0 Å². The van der Waals surface area contributed by atoms with E-state index in [1.54, 1.807) is 12.4 Å². The maximum absolute atomic E-state index is 11.5. The zero-order chi connectivity index (χ0) is 13.4. The van der Waals surface area contributed by atoms with Gasteiger partial charge in [-0.25, -0.2) is 9.97 Å². The number of aromatic nitrogens is 3. The quantitative estimate of drug-likeness (QED) is 0.750. The van der Waals surface area contributed by atoms with Gasteiger partial charge < -0.3 is 4.98 Å². The third-order valence-electron chi connectivity index (χ3n) is 3.01. The lowest BCUT2D eigenvalue weighted by atomic mass is 10.1. The van der Waals surface area contributed by atoms with Gasteiger partial charge in [0.05, 0.1) is 9.99 Å². The molecule has 0 saturated carbocycles. The maximum Gasteiger partial charge on any atom is 0.262 e. The van der Waals surface area contributed by atoms with Crippen molar-refractivity contribution in [1.29, 1.82) is 0 Å². The first-order valence-electron chi connectivity index (χ1n) is 5.77. The molecule has 0 aliphatic carbocycles. The molecule has 0 bridgehead atoms. The van der Waals surface area contributed by atoms with E-state index >= 15 is 0 Å². The molecule has 3 aromatic rings. The highest BCUT2D eigenvalue weighted by molar-refractivity contribution is 9.10. The van der Waals surface area contributed by atoms with E-state index in [1.165, 1.54) is 0 Å². The van der Waals surface area contributed by atoms with Crippen molar-refractivity contribution in [2.24, 2.45) is 0 Å². The smallest absolute Gasteiger partial charge is 0.262 e. The molecule has 2 heterocycles. The highest BCUT2D eigenvalue weighted by Crippen LogP contribution is 2.23. The average molecular weight is 316 g/mol. The Morgan fingerprint density at radius 1 is 1.26 bits per heavy atom. The van der Waals surface area contributed by atoms with Crippen molar-refractivity contribution >= 4 is 26.8 Å². The van der Waals surface area contributed by atoms with Gasteiger partial charge in [0.15, 0.2) is 5.82 Å². The minimum absolute atomic E-state index is 0.151. The molecule has 3 rings (SSSR count). The number of H-pyrrole nitrogens is 1. The van der Waals surface area contributed by atoms with Crippen LogP contribution in [0.5, 0.6) is 0 Å². The number of pyridine rings is 1. The zero-order valence-corrected chi connectivity index (χ0v) is 11.7. The van der Waals surface area contributed by atoms with Crippen LogP contribution in [0.25, 0.3) is 22.3 Å². The van der Waals surface area contributed by atoms with Gasteiger partial charge in [0.2, 0.25) is 0 Å². The van der Waals surface area contributed by atoms with Gasteiger partial charge in [-0.05, 0) is 34.5 Å². The molecule has 4 nitrogen and oxygen atoms in total. The van der Waals surface area contributed by atoms with E-state index in [-0.39, 0.29) is 5.56 Å². The lowest BCUT2D eigenvalue weighted by Crippen LogP contribution is -2.09. The first-order valence-corrected chi connectivity index (χ1v) is 6.56. The number of halogens is 1. The number of nitrogens with one attached hydrogen (secondary N) is 1. The number of aromatic amines is 1. The van der Waals surface area contributed by atoms with E-state index in [4.69, 9.17) is 0 Å². The first-order chi connectivity index (χ1) is 9.16. The Morgan fingerprint density at radius 3 is 2.89 bits per heavy atom. The molecule has 5 heteroatoms. The molecule has 0 aliphatic heterocycles. The van der Waals surface area contributed by atoms with E-state index in [0.29, 0.717) is 10.3 Å². The predicted octanol–water partition coefficient (Wildman–Crippen LogP) is 3.06. The predicted molar refractivity (Wildman–Crippen MR) is 78.0 cm³/mol. The number of fused-ring (bicyclic) bond motifs is 1. The van der Waals surface area contributed by atoms with E-state index < -0.39 is 0 Å². The van der Waals surface area contributed by atoms with E-state index in [9.17, 15) is 4.79 Å². The molecule has 0 aliphatic rings. The number of hydrogen-bond acceptors (Lipinski definition) is 3. The minimum atomic E-state index is -0.151. The summed E-state index contributed by atoms with van der Waals surface area (Å²) in [7, 11) is 0. The number of benzene rings is 1. The fraction of sp³-hybridized carbons (Fsp3) is 0.0714. The SMILES string of the molecule is Cc1c(-c2ncc3ccccc3n2)c[nH]c(=O)c1Br. The Labute approximate surface area is 117 Å². The van der Waals surface area contributed by atoms with Crippen LogP contribution in [0.15, 0.2) is 45.9 Å². The van der Waals surface area contributed by atoms with Gasteiger partial charge >= 0.3 is 0 Å². The topological polar surface area (TPSA) is 58.6 Å². The fourth-order valence-corrected chi connectivity index (χ4v) is 2.26. The average Bonchev–Trinajstić information content (AvgIpc) is 2.44. The van der Waals surface area contributed by atoms with Gasteiger partial charge in [0, 0.05) is 23.3 Å². The molecule has 94 valence electrons. The summed E-state index contributed by atoms with van der Waals surface area (Å²) in [6.07, 6.45) is 3.43. The van der Waals surface area contributed by atoms with Gasteiger partial charge in [0.1, 0.15) is 0 Å². The van der Waals surface area contributed by atoms with Crippen LogP contribution in [0, 0.1) is 6.92 Å². The maximum atomic E-state index is 11.5. The van der Waals surface area contributed by atoms with E-state index in [2.05, 4.69) is 30.9 Å². The van der Waals surface area contributed by atoms with Crippen LogP contribution in [0.3, 0.4) is 0 Å². The van der Waals surface area contributed by atoms with Crippen molar-refractivity contribution in [3.05, 3.63) is 57.0 Å². The van der Waals surface area contributed by atoms with E-state index in [0.717, 1.165) is 22.0 Å². The second-order valence-corrected chi connectivity index (χ2v) is 5.02. The highest BCUT2D eigenvalue weighted by Gasteiger charge is 2.10. The van der Waals surface area contributed by atoms with Crippen LogP contribution in [-0.2, 0) is 0 Å². The monoisotopic (exact) mass is 315 g/mol. The van der Waals surface area contributed by atoms with E-state index in [1.807, 2.05) is 31.2 Å². The number of para-hydroxylation sites is 1. The van der Waals surface area contributed by atoms with Crippen LogP contribution in [0.2, 0.25) is 0 Å². The Bertz CT molecular complexity index is 826. The number of rotatable bonds is 1. The van der Waals surface area contributed by atoms with Gasteiger partial charge in [-0.2, -0.15) is 0 Å². The summed E-state index contributed by atoms with van der Waals surface area (Å²) in [5, 5.41) is 0.993. The molecule has 0 fully saturated rings. The van der Waals surface area contributed by atoms with Crippen LogP contribution in [0.4, 0.5) is 0 Å². The molecular formula is C14H10BrN3O. The number of hydrogen-bond donors (Lipinski definition) is 1. The van der Waals surface area contributed by atoms with Crippen molar-refractivity contribution in [2.75, 3.05) is 0 Å². The van der Waals surface area contributed by atoms with Crippen LogP contribution in [0.1, 0.15) is 5.56 Å². The molecule has 0 spiro atoms. The second-order valence-electron chi connectivity index (χ2n) is 4.22. The minimum Gasteiger partial charge on any atom is -0.327 e. The molecule has 0 amide bonds. The summed E-state index contributed by atoms with van der Waals surface area (Å²) in [4.78, 5) is 23.0. The summed E-state index contributed by atoms with van der Waals surface area (Å²) in [6.45, 7) is 1.87.